The summed E-state index contributed by atoms with van der Waals surface area (Å²) in [5, 5.41) is 5.30. The van der Waals surface area contributed by atoms with Crippen LogP contribution in [0.15, 0.2) is 0 Å². The van der Waals surface area contributed by atoms with E-state index in [1.54, 1.807) is 7.05 Å². The van der Waals surface area contributed by atoms with Gasteiger partial charge in [0.05, 0.1) is 0 Å². The number of carbonyl (C=O) groups is 1. The molecule has 0 radical (unpaired) electrons. The van der Waals surface area contributed by atoms with Crippen molar-refractivity contribution in [3.63, 3.8) is 0 Å². The van der Waals surface area contributed by atoms with Gasteiger partial charge < -0.3 is 10.6 Å². The van der Waals surface area contributed by atoms with Gasteiger partial charge >= 0.3 is 6.03 Å². The third-order valence-electron chi connectivity index (χ3n) is 2.00. The smallest absolute Gasteiger partial charge is 0.314 e. The molecule has 0 aromatic rings. The standard InChI is InChI=1S/C7H14N2O/c1-8-7(10)9-5-6-3-2-4-6/h6H,2-5H2,1H3,(H2,8,9,10). The highest BCUT2D eigenvalue weighted by Crippen LogP contribution is 2.24. The van der Waals surface area contributed by atoms with E-state index in [4.69, 9.17) is 0 Å². The van der Waals surface area contributed by atoms with Gasteiger partial charge in [0.2, 0.25) is 0 Å². The fourth-order valence-electron chi connectivity index (χ4n) is 1.02. The van der Waals surface area contributed by atoms with Crippen molar-refractivity contribution in [1.29, 1.82) is 0 Å². The van der Waals surface area contributed by atoms with Crippen molar-refractivity contribution < 1.29 is 4.79 Å². The summed E-state index contributed by atoms with van der Waals surface area (Å²) in [4.78, 5) is 10.6. The Morgan fingerprint density at radius 1 is 1.60 bits per heavy atom. The molecule has 0 aromatic carbocycles. The van der Waals surface area contributed by atoms with E-state index in [1.807, 2.05) is 0 Å². The molecule has 58 valence electrons. The highest BCUT2D eigenvalue weighted by atomic mass is 16.2. The van der Waals surface area contributed by atoms with E-state index in [1.165, 1.54) is 19.3 Å². The zero-order valence-electron chi connectivity index (χ0n) is 6.31. The molecule has 0 aromatic heterocycles. The molecule has 0 saturated heterocycles. The van der Waals surface area contributed by atoms with E-state index in [-0.39, 0.29) is 6.03 Å². The molecule has 2 N–H and O–H groups in total. The fourth-order valence-corrected chi connectivity index (χ4v) is 1.02. The SMILES string of the molecule is CNC(=O)NCC1CCC1. The molecule has 1 aliphatic rings. The Morgan fingerprint density at radius 2 is 2.30 bits per heavy atom. The second kappa shape index (κ2) is 3.44. The lowest BCUT2D eigenvalue weighted by atomic mass is 9.85. The maximum Gasteiger partial charge on any atom is 0.314 e. The monoisotopic (exact) mass is 142 g/mol. The van der Waals surface area contributed by atoms with E-state index in [2.05, 4.69) is 10.6 Å². The van der Waals surface area contributed by atoms with Crippen molar-refractivity contribution in [1.82, 2.24) is 10.6 Å². The van der Waals surface area contributed by atoms with E-state index >= 15 is 0 Å². The zero-order chi connectivity index (χ0) is 7.40. The predicted molar refractivity (Wildman–Crippen MR) is 39.8 cm³/mol. The number of amides is 2. The van der Waals surface area contributed by atoms with Crippen molar-refractivity contribution in [3.8, 4) is 0 Å². The first kappa shape index (κ1) is 7.38. The Balaban J connectivity index is 1.98. The van der Waals surface area contributed by atoms with Crippen molar-refractivity contribution in [2.24, 2.45) is 5.92 Å². The molecule has 1 saturated carbocycles. The van der Waals surface area contributed by atoms with Crippen LogP contribution in [0.5, 0.6) is 0 Å². The van der Waals surface area contributed by atoms with E-state index in [9.17, 15) is 4.79 Å². The second-order valence-electron chi connectivity index (χ2n) is 2.76. The quantitative estimate of drug-likeness (QED) is 0.586. The third-order valence-corrected chi connectivity index (χ3v) is 2.00. The Bertz CT molecular complexity index is 121. The first-order valence-electron chi connectivity index (χ1n) is 3.78. The number of nitrogens with one attached hydrogen (secondary N) is 2. The maximum absolute atomic E-state index is 10.6. The summed E-state index contributed by atoms with van der Waals surface area (Å²) in [6, 6.07) is -0.0631. The molecule has 1 fully saturated rings. The van der Waals surface area contributed by atoms with Crippen molar-refractivity contribution in [3.05, 3.63) is 0 Å². The molecule has 0 spiro atoms. The van der Waals surface area contributed by atoms with Gasteiger partial charge in [-0.15, -0.1) is 0 Å². The molecule has 3 nitrogen and oxygen atoms in total. The lowest BCUT2D eigenvalue weighted by Crippen LogP contribution is -2.37. The summed E-state index contributed by atoms with van der Waals surface area (Å²) in [7, 11) is 1.64. The molecule has 10 heavy (non-hydrogen) atoms. The molecule has 0 aliphatic heterocycles. The molecule has 0 unspecified atom stereocenters. The van der Waals surface area contributed by atoms with Crippen LogP contribution in [0.25, 0.3) is 0 Å². The Hall–Kier alpha value is -0.730. The average Bonchev–Trinajstić information content (AvgIpc) is 1.84. The van der Waals surface area contributed by atoms with Crippen LogP contribution in [0.1, 0.15) is 19.3 Å². The summed E-state index contributed by atoms with van der Waals surface area (Å²) in [6.07, 6.45) is 3.90. The normalized spacial score (nSPS) is 17.7. The van der Waals surface area contributed by atoms with Crippen LogP contribution in [-0.2, 0) is 0 Å². The third kappa shape index (κ3) is 1.90. The lowest BCUT2D eigenvalue weighted by Gasteiger charge is -2.25. The molecular formula is C7H14N2O. The number of hydrogen-bond acceptors (Lipinski definition) is 1. The topological polar surface area (TPSA) is 41.1 Å². The van der Waals surface area contributed by atoms with Crippen LogP contribution < -0.4 is 10.6 Å². The Morgan fingerprint density at radius 3 is 2.70 bits per heavy atom. The van der Waals surface area contributed by atoms with Gasteiger partial charge in [0.25, 0.3) is 0 Å². The van der Waals surface area contributed by atoms with Crippen molar-refractivity contribution in [2.45, 2.75) is 19.3 Å². The molecular weight excluding hydrogens is 128 g/mol. The first-order chi connectivity index (χ1) is 4.83. The molecule has 0 atom stereocenters. The van der Waals surface area contributed by atoms with Crippen LogP contribution in [0.2, 0.25) is 0 Å². The van der Waals surface area contributed by atoms with Crippen LogP contribution in [-0.4, -0.2) is 19.6 Å². The zero-order valence-corrected chi connectivity index (χ0v) is 6.31. The van der Waals surface area contributed by atoms with Crippen molar-refractivity contribution >= 4 is 6.03 Å². The minimum absolute atomic E-state index is 0.0631. The van der Waals surface area contributed by atoms with Crippen LogP contribution in [0, 0.1) is 5.92 Å². The van der Waals surface area contributed by atoms with Gasteiger partial charge in [0.15, 0.2) is 0 Å². The Kier molecular flexibility index (Phi) is 2.54. The highest BCUT2D eigenvalue weighted by Gasteiger charge is 2.17. The summed E-state index contributed by atoms with van der Waals surface area (Å²) < 4.78 is 0. The van der Waals surface area contributed by atoms with Gasteiger partial charge in [0.1, 0.15) is 0 Å². The minimum atomic E-state index is -0.0631. The number of carbonyl (C=O) groups excluding carboxylic acids is 1. The molecule has 0 bridgehead atoms. The lowest BCUT2D eigenvalue weighted by molar-refractivity contribution is 0.234. The second-order valence-corrected chi connectivity index (χ2v) is 2.76. The molecule has 1 aliphatic carbocycles. The van der Waals surface area contributed by atoms with Gasteiger partial charge in [0, 0.05) is 13.6 Å². The van der Waals surface area contributed by atoms with Crippen LogP contribution >= 0.6 is 0 Å². The highest BCUT2D eigenvalue weighted by molar-refractivity contribution is 5.73. The largest absolute Gasteiger partial charge is 0.341 e. The Labute approximate surface area is 61.2 Å². The minimum Gasteiger partial charge on any atom is -0.341 e. The average molecular weight is 142 g/mol. The summed E-state index contributed by atoms with van der Waals surface area (Å²) >= 11 is 0. The molecule has 3 heteroatoms. The van der Waals surface area contributed by atoms with Gasteiger partial charge in [-0.2, -0.15) is 0 Å². The molecule has 0 heterocycles. The number of rotatable bonds is 2. The summed E-state index contributed by atoms with van der Waals surface area (Å²) in [5.41, 5.74) is 0. The van der Waals surface area contributed by atoms with E-state index in [0.29, 0.717) is 0 Å². The number of urea groups is 1. The van der Waals surface area contributed by atoms with Gasteiger partial charge in [-0.25, -0.2) is 4.79 Å². The molecule has 1 rings (SSSR count). The van der Waals surface area contributed by atoms with Gasteiger partial charge in [-0.1, -0.05) is 6.42 Å². The van der Waals surface area contributed by atoms with Gasteiger partial charge in [-0.05, 0) is 18.8 Å². The molecule has 2 amide bonds. The van der Waals surface area contributed by atoms with E-state index < -0.39 is 0 Å². The van der Waals surface area contributed by atoms with Crippen LogP contribution in [0.4, 0.5) is 4.79 Å². The number of hydrogen-bond donors (Lipinski definition) is 2. The fraction of sp³-hybridized carbons (Fsp3) is 0.857. The van der Waals surface area contributed by atoms with Gasteiger partial charge in [-0.3, -0.25) is 0 Å². The predicted octanol–water partition coefficient (Wildman–Crippen LogP) is 0.715. The van der Waals surface area contributed by atoms with E-state index in [0.717, 1.165) is 12.5 Å². The first-order valence-corrected chi connectivity index (χ1v) is 3.78. The summed E-state index contributed by atoms with van der Waals surface area (Å²) in [5.74, 6) is 0.747. The van der Waals surface area contributed by atoms with Crippen LogP contribution in [0.3, 0.4) is 0 Å². The summed E-state index contributed by atoms with van der Waals surface area (Å²) in [6.45, 7) is 0.847. The van der Waals surface area contributed by atoms with Crippen molar-refractivity contribution in [2.75, 3.05) is 13.6 Å². The maximum atomic E-state index is 10.6.